The van der Waals surface area contributed by atoms with Crippen molar-refractivity contribution in [2.45, 2.75) is 5.03 Å². The van der Waals surface area contributed by atoms with Crippen molar-refractivity contribution >= 4 is 33.5 Å². The normalized spacial score (nSPS) is 11.4. The van der Waals surface area contributed by atoms with E-state index in [1.54, 1.807) is 18.9 Å². The molecule has 17 heavy (non-hydrogen) atoms. The number of ether oxygens (including phenoxy) is 1. The van der Waals surface area contributed by atoms with E-state index >= 15 is 0 Å². The molecule has 86 valence electrons. The van der Waals surface area contributed by atoms with Crippen LogP contribution in [0.1, 0.15) is 0 Å². The lowest BCUT2D eigenvalue weighted by Gasteiger charge is -1.99. The number of rotatable bonds is 3. The molecule has 3 nitrogen and oxygen atoms in total. The van der Waals surface area contributed by atoms with Gasteiger partial charge >= 0.3 is 0 Å². The lowest BCUT2D eigenvalue weighted by atomic mass is 10.1. The van der Waals surface area contributed by atoms with E-state index in [0.29, 0.717) is 5.94 Å². The molecule has 0 spiro atoms. The van der Waals surface area contributed by atoms with Gasteiger partial charge in [-0.2, -0.15) is 0 Å². The lowest BCUT2D eigenvalue weighted by Crippen LogP contribution is -1.82. The van der Waals surface area contributed by atoms with Gasteiger partial charge in [0.15, 0.2) is 10.6 Å². The maximum absolute atomic E-state index is 5.33. The molecular formula is C13H11NO2S. The van der Waals surface area contributed by atoms with Gasteiger partial charge in [0, 0.05) is 7.11 Å². The average molecular weight is 245 g/mol. The van der Waals surface area contributed by atoms with Crippen molar-refractivity contribution in [3.05, 3.63) is 36.4 Å². The van der Waals surface area contributed by atoms with Crippen molar-refractivity contribution in [2.75, 3.05) is 13.0 Å². The van der Waals surface area contributed by atoms with Gasteiger partial charge in [0.25, 0.3) is 0 Å². The highest BCUT2D eigenvalue weighted by molar-refractivity contribution is 7.99. The van der Waals surface area contributed by atoms with Crippen LogP contribution in [0.5, 0.6) is 0 Å². The molecule has 0 fully saturated rings. The van der Waals surface area contributed by atoms with Gasteiger partial charge in [-0.25, -0.2) is 0 Å². The Hall–Kier alpha value is -1.52. The van der Waals surface area contributed by atoms with Gasteiger partial charge in [0.05, 0.1) is 11.3 Å². The molecule has 1 aromatic heterocycles. The Morgan fingerprint density at radius 2 is 2.12 bits per heavy atom. The number of benzene rings is 2. The van der Waals surface area contributed by atoms with Gasteiger partial charge in [0.1, 0.15) is 0 Å². The fourth-order valence-corrected chi connectivity index (χ4v) is 2.57. The zero-order valence-corrected chi connectivity index (χ0v) is 10.2. The van der Waals surface area contributed by atoms with Crippen LogP contribution in [0, 0.1) is 0 Å². The number of methoxy groups -OCH3 is 1. The Morgan fingerprint density at radius 1 is 1.24 bits per heavy atom. The molecule has 0 saturated heterocycles. The molecule has 3 aromatic rings. The number of hydrogen-bond donors (Lipinski definition) is 0. The zero-order chi connectivity index (χ0) is 11.7. The summed E-state index contributed by atoms with van der Waals surface area (Å²) in [5.41, 5.74) is 0.822. The fraction of sp³-hybridized carbons (Fsp3) is 0.154. The maximum atomic E-state index is 5.33. The van der Waals surface area contributed by atoms with E-state index < -0.39 is 0 Å². The minimum atomic E-state index is 0.574. The van der Waals surface area contributed by atoms with Gasteiger partial charge in [-0.05, 0) is 16.8 Å². The summed E-state index contributed by atoms with van der Waals surface area (Å²) in [6.07, 6.45) is 0. The van der Waals surface area contributed by atoms with E-state index in [-0.39, 0.29) is 0 Å². The van der Waals surface area contributed by atoms with Crippen molar-refractivity contribution < 1.29 is 9.26 Å². The predicted molar refractivity (Wildman–Crippen MR) is 69.2 cm³/mol. The van der Waals surface area contributed by atoms with Crippen molar-refractivity contribution in [2.24, 2.45) is 0 Å². The first-order valence-corrected chi connectivity index (χ1v) is 6.27. The first kappa shape index (κ1) is 10.6. The number of hydrogen-bond acceptors (Lipinski definition) is 4. The molecule has 0 aliphatic carbocycles. The van der Waals surface area contributed by atoms with Crippen molar-refractivity contribution in [3.8, 4) is 0 Å². The molecule has 3 rings (SSSR count). The van der Waals surface area contributed by atoms with Crippen LogP contribution in [0.15, 0.2) is 45.9 Å². The molecule has 0 radical (unpaired) electrons. The largest absolute Gasteiger partial charge is 0.374 e. The summed E-state index contributed by atoms with van der Waals surface area (Å²) in [6, 6.07) is 12.2. The van der Waals surface area contributed by atoms with Crippen molar-refractivity contribution in [1.29, 1.82) is 0 Å². The Balaban J connectivity index is 2.27. The number of fused-ring (bicyclic) bond motifs is 3. The van der Waals surface area contributed by atoms with E-state index in [1.807, 2.05) is 24.3 Å². The van der Waals surface area contributed by atoms with Crippen LogP contribution in [0.2, 0.25) is 0 Å². The number of nitrogens with zero attached hydrogens (tertiary/aromatic N) is 1. The lowest BCUT2D eigenvalue weighted by molar-refractivity contribution is 0.258. The number of thioether (sulfide) groups is 1. The predicted octanol–water partition coefficient (Wildman–Crippen LogP) is 3.68. The highest BCUT2D eigenvalue weighted by atomic mass is 32.2. The van der Waals surface area contributed by atoms with E-state index in [2.05, 4.69) is 17.3 Å². The van der Waals surface area contributed by atoms with Crippen LogP contribution in [0.4, 0.5) is 0 Å². The SMILES string of the molecule is COCSc1noc2ccc3ccccc3c12. The molecule has 2 aromatic carbocycles. The smallest absolute Gasteiger partial charge is 0.168 e. The first-order valence-electron chi connectivity index (χ1n) is 5.29. The third-order valence-electron chi connectivity index (χ3n) is 2.65. The highest BCUT2D eigenvalue weighted by Crippen LogP contribution is 2.33. The van der Waals surface area contributed by atoms with Gasteiger partial charge in [-0.15, -0.1) is 0 Å². The van der Waals surface area contributed by atoms with Crippen LogP contribution in [0.25, 0.3) is 21.7 Å². The van der Waals surface area contributed by atoms with Gasteiger partial charge in [-0.3, -0.25) is 0 Å². The molecule has 0 saturated carbocycles. The molecular weight excluding hydrogens is 234 g/mol. The van der Waals surface area contributed by atoms with Crippen LogP contribution in [0.3, 0.4) is 0 Å². The molecule has 0 unspecified atom stereocenters. The maximum Gasteiger partial charge on any atom is 0.168 e. The van der Waals surface area contributed by atoms with Gasteiger partial charge < -0.3 is 9.26 Å². The Bertz CT molecular complexity index is 663. The van der Waals surface area contributed by atoms with E-state index in [0.717, 1.165) is 16.0 Å². The second kappa shape index (κ2) is 4.39. The average Bonchev–Trinajstić information content (AvgIpc) is 2.80. The summed E-state index contributed by atoms with van der Waals surface area (Å²) >= 11 is 1.54. The topological polar surface area (TPSA) is 35.3 Å². The molecule has 0 atom stereocenters. The highest BCUT2D eigenvalue weighted by Gasteiger charge is 2.11. The standard InChI is InChI=1S/C13H11NO2S/c1-15-8-17-13-12-10-5-3-2-4-9(10)6-7-11(12)16-14-13/h2-7H,8H2,1H3. The minimum absolute atomic E-state index is 0.574. The fourth-order valence-electron chi connectivity index (χ4n) is 1.90. The second-order valence-electron chi connectivity index (χ2n) is 3.70. The van der Waals surface area contributed by atoms with Crippen molar-refractivity contribution in [1.82, 2.24) is 5.16 Å². The third kappa shape index (κ3) is 1.79. The van der Waals surface area contributed by atoms with E-state index in [4.69, 9.17) is 9.26 Å². The second-order valence-corrected chi connectivity index (χ2v) is 4.61. The van der Waals surface area contributed by atoms with Crippen LogP contribution < -0.4 is 0 Å². The quantitative estimate of drug-likeness (QED) is 0.521. The minimum Gasteiger partial charge on any atom is -0.374 e. The summed E-state index contributed by atoms with van der Waals surface area (Å²) in [4.78, 5) is 0. The van der Waals surface area contributed by atoms with E-state index in [1.165, 1.54) is 10.8 Å². The summed E-state index contributed by atoms with van der Waals surface area (Å²) in [7, 11) is 1.67. The molecule has 1 heterocycles. The molecule has 0 aliphatic rings. The molecule has 0 bridgehead atoms. The van der Waals surface area contributed by atoms with Crippen LogP contribution in [-0.2, 0) is 4.74 Å². The van der Waals surface area contributed by atoms with Crippen molar-refractivity contribution in [3.63, 3.8) is 0 Å². The van der Waals surface area contributed by atoms with Crippen LogP contribution in [-0.4, -0.2) is 18.2 Å². The Kier molecular flexibility index (Phi) is 2.74. The summed E-state index contributed by atoms with van der Waals surface area (Å²) < 4.78 is 10.4. The third-order valence-corrected chi connectivity index (χ3v) is 3.55. The monoisotopic (exact) mass is 245 g/mol. The molecule has 0 amide bonds. The Labute approximate surface area is 103 Å². The summed E-state index contributed by atoms with van der Waals surface area (Å²) in [6.45, 7) is 0. The number of aromatic nitrogens is 1. The Morgan fingerprint density at radius 3 is 3.00 bits per heavy atom. The first-order chi connectivity index (χ1) is 8.40. The van der Waals surface area contributed by atoms with Gasteiger partial charge in [-0.1, -0.05) is 47.3 Å². The van der Waals surface area contributed by atoms with E-state index in [9.17, 15) is 0 Å². The van der Waals surface area contributed by atoms with Gasteiger partial charge in [0.2, 0.25) is 0 Å². The molecule has 4 heteroatoms. The summed E-state index contributed by atoms with van der Waals surface area (Å²) in [5.74, 6) is 0.574. The zero-order valence-electron chi connectivity index (χ0n) is 9.34. The van der Waals surface area contributed by atoms with Crippen LogP contribution >= 0.6 is 11.8 Å². The molecule has 0 N–H and O–H groups in total. The summed E-state index contributed by atoms with van der Waals surface area (Å²) in [5, 5.41) is 8.42. The molecule has 0 aliphatic heterocycles.